The molecule has 2 aromatic rings. The molecule has 1 aromatic carbocycles. The number of carbonyl (C=O) groups is 2. The van der Waals surface area contributed by atoms with Crippen LogP contribution < -0.4 is 0 Å². The van der Waals surface area contributed by atoms with Gasteiger partial charge in [0, 0.05) is 12.1 Å². The second-order valence-corrected chi connectivity index (χ2v) is 5.45. The maximum atomic E-state index is 11.6. The molecule has 0 atom stereocenters. The zero-order chi connectivity index (χ0) is 16.3. The summed E-state index contributed by atoms with van der Waals surface area (Å²) in [7, 11) is 0. The Morgan fingerprint density at radius 2 is 1.77 bits per heavy atom. The molecule has 0 saturated carbocycles. The minimum atomic E-state index is -1.34. The summed E-state index contributed by atoms with van der Waals surface area (Å²) in [6, 6.07) is 8.88. The normalized spacial score (nSPS) is 10.9. The first kappa shape index (κ1) is 15.8. The fourth-order valence-corrected chi connectivity index (χ4v) is 2.25. The number of aryl methyl sites for hydroxylation is 1. The lowest BCUT2D eigenvalue weighted by Gasteiger charge is -2.10. The summed E-state index contributed by atoms with van der Waals surface area (Å²) < 4.78 is 1.49. The van der Waals surface area contributed by atoms with E-state index in [1.807, 2.05) is 19.9 Å². The second-order valence-electron chi connectivity index (χ2n) is 5.45. The van der Waals surface area contributed by atoms with Gasteiger partial charge in [0.05, 0.1) is 5.69 Å². The molecule has 0 bridgehead atoms. The van der Waals surface area contributed by atoms with Crippen molar-refractivity contribution in [3.8, 4) is 11.3 Å². The van der Waals surface area contributed by atoms with Gasteiger partial charge < -0.3 is 10.2 Å². The van der Waals surface area contributed by atoms with E-state index < -0.39 is 17.6 Å². The van der Waals surface area contributed by atoms with Crippen molar-refractivity contribution in [2.75, 3.05) is 0 Å². The predicted octanol–water partition coefficient (Wildman–Crippen LogP) is 2.99. The smallest absolute Gasteiger partial charge is 0.357 e. The molecule has 6 heteroatoms. The number of rotatable bonds is 6. The Hall–Kier alpha value is -2.63. The second kappa shape index (κ2) is 6.43. The van der Waals surface area contributed by atoms with Crippen LogP contribution in [-0.2, 0) is 6.54 Å². The maximum Gasteiger partial charge on any atom is 0.357 e. The van der Waals surface area contributed by atoms with Gasteiger partial charge in [-0.3, -0.25) is 4.68 Å². The van der Waals surface area contributed by atoms with Crippen LogP contribution in [0.4, 0.5) is 0 Å². The highest BCUT2D eigenvalue weighted by molar-refractivity contribution is 6.05. The van der Waals surface area contributed by atoms with Crippen LogP contribution in [0.3, 0.4) is 0 Å². The highest BCUT2D eigenvalue weighted by atomic mass is 16.4. The fourth-order valence-electron chi connectivity index (χ4n) is 2.25. The molecule has 0 aliphatic carbocycles. The van der Waals surface area contributed by atoms with Gasteiger partial charge in [-0.2, -0.15) is 5.10 Å². The Morgan fingerprint density at radius 1 is 1.14 bits per heavy atom. The summed E-state index contributed by atoms with van der Waals surface area (Å²) in [5.74, 6) is -2.22. The highest BCUT2D eigenvalue weighted by Gasteiger charge is 2.28. The molecule has 0 aliphatic heterocycles. The lowest BCUT2D eigenvalue weighted by Crippen LogP contribution is -2.07. The molecular formula is C16H18N2O4. The van der Waals surface area contributed by atoms with E-state index in [1.165, 1.54) is 4.68 Å². The number of hydrogen-bond donors (Lipinski definition) is 2. The van der Waals surface area contributed by atoms with Crippen LogP contribution in [0.15, 0.2) is 30.3 Å². The number of aromatic carboxylic acids is 2. The molecule has 1 aromatic heterocycles. The zero-order valence-electron chi connectivity index (χ0n) is 12.5. The van der Waals surface area contributed by atoms with Gasteiger partial charge in [-0.25, -0.2) is 9.59 Å². The standard InChI is InChI=1S/C16H18N2O4/c1-10(2)8-9-18-14(11-6-4-3-5-7-11)12(15(19)20)13(17-18)16(21)22/h3-7,10H,8-9H2,1-2H3,(H,19,20)(H,21,22). The van der Waals surface area contributed by atoms with Crippen molar-refractivity contribution in [3.63, 3.8) is 0 Å². The molecule has 0 saturated heterocycles. The first-order valence-corrected chi connectivity index (χ1v) is 7.04. The Balaban J connectivity index is 2.64. The van der Waals surface area contributed by atoms with Crippen LogP contribution in [-0.4, -0.2) is 31.9 Å². The molecule has 0 radical (unpaired) electrons. The van der Waals surface area contributed by atoms with E-state index in [2.05, 4.69) is 5.10 Å². The van der Waals surface area contributed by atoms with E-state index >= 15 is 0 Å². The van der Waals surface area contributed by atoms with Gasteiger partial charge >= 0.3 is 11.9 Å². The van der Waals surface area contributed by atoms with Crippen LogP contribution in [0.5, 0.6) is 0 Å². The van der Waals surface area contributed by atoms with E-state index in [9.17, 15) is 19.8 Å². The quantitative estimate of drug-likeness (QED) is 0.855. The molecule has 0 aliphatic rings. The Morgan fingerprint density at radius 3 is 2.27 bits per heavy atom. The molecule has 1 heterocycles. The lowest BCUT2D eigenvalue weighted by atomic mass is 10.0. The number of nitrogens with zero attached hydrogens (tertiary/aromatic N) is 2. The molecule has 22 heavy (non-hydrogen) atoms. The highest BCUT2D eigenvalue weighted by Crippen LogP contribution is 2.27. The Kier molecular flexibility index (Phi) is 4.60. The van der Waals surface area contributed by atoms with Gasteiger partial charge in [0.2, 0.25) is 0 Å². The minimum Gasteiger partial charge on any atom is -0.478 e. The summed E-state index contributed by atoms with van der Waals surface area (Å²) in [4.78, 5) is 22.9. The van der Waals surface area contributed by atoms with Crippen molar-refractivity contribution >= 4 is 11.9 Å². The lowest BCUT2D eigenvalue weighted by molar-refractivity contribution is 0.0648. The number of hydrogen-bond acceptors (Lipinski definition) is 3. The minimum absolute atomic E-state index is 0.262. The van der Waals surface area contributed by atoms with E-state index in [0.717, 1.165) is 6.42 Å². The van der Waals surface area contributed by atoms with Crippen molar-refractivity contribution in [1.29, 1.82) is 0 Å². The van der Waals surface area contributed by atoms with Gasteiger partial charge in [0.15, 0.2) is 5.69 Å². The van der Waals surface area contributed by atoms with Crippen molar-refractivity contribution in [1.82, 2.24) is 9.78 Å². The first-order chi connectivity index (χ1) is 10.4. The summed E-state index contributed by atoms with van der Waals surface area (Å²) in [5, 5.41) is 22.7. The molecule has 0 fully saturated rings. The zero-order valence-corrected chi connectivity index (χ0v) is 12.5. The van der Waals surface area contributed by atoms with E-state index in [4.69, 9.17) is 0 Å². The predicted molar refractivity (Wildman–Crippen MR) is 81.0 cm³/mol. The molecule has 0 unspecified atom stereocenters. The van der Waals surface area contributed by atoms with Crippen LogP contribution in [0, 0.1) is 5.92 Å². The average Bonchev–Trinajstić information content (AvgIpc) is 2.86. The van der Waals surface area contributed by atoms with Gasteiger partial charge in [0.25, 0.3) is 0 Å². The number of carboxylic acid groups (broad SMARTS) is 2. The van der Waals surface area contributed by atoms with E-state index in [-0.39, 0.29) is 5.56 Å². The number of benzene rings is 1. The van der Waals surface area contributed by atoms with Crippen LogP contribution in [0.25, 0.3) is 11.3 Å². The van der Waals surface area contributed by atoms with Gasteiger partial charge in [0.1, 0.15) is 5.56 Å². The SMILES string of the molecule is CC(C)CCn1nc(C(=O)O)c(C(=O)O)c1-c1ccccc1. The molecule has 2 N–H and O–H groups in total. The van der Waals surface area contributed by atoms with Crippen LogP contribution in [0.1, 0.15) is 41.1 Å². The Labute approximate surface area is 128 Å². The number of carboxylic acids is 2. The molecule has 0 amide bonds. The summed E-state index contributed by atoms with van der Waals surface area (Å²) >= 11 is 0. The third-order valence-electron chi connectivity index (χ3n) is 3.33. The largest absolute Gasteiger partial charge is 0.478 e. The van der Waals surface area contributed by atoms with Crippen LogP contribution in [0.2, 0.25) is 0 Å². The summed E-state index contributed by atoms with van der Waals surface area (Å²) in [5.41, 5.74) is 0.298. The summed E-state index contributed by atoms with van der Waals surface area (Å²) in [6.45, 7) is 4.55. The van der Waals surface area contributed by atoms with Crippen LogP contribution >= 0.6 is 0 Å². The van der Waals surface area contributed by atoms with Gasteiger partial charge in [-0.1, -0.05) is 44.2 Å². The summed E-state index contributed by atoms with van der Waals surface area (Å²) in [6.07, 6.45) is 0.777. The molecule has 6 nitrogen and oxygen atoms in total. The first-order valence-electron chi connectivity index (χ1n) is 7.04. The van der Waals surface area contributed by atoms with Crippen molar-refractivity contribution < 1.29 is 19.8 Å². The molecule has 2 rings (SSSR count). The maximum absolute atomic E-state index is 11.6. The number of aromatic nitrogens is 2. The van der Waals surface area contributed by atoms with E-state index in [0.29, 0.717) is 23.7 Å². The molecular weight excluding hydrogens is 284 g/mol. The van der Waals surface area contributed by atoms with Crippen molar-refractivity contribution in [2.24, 2.45) is 5.92 Å². The topological polar surface area (TPSA) is 92.4 Å². The third kappa shape index (κ3) is 3.16. The molecule has 0 spiro atoms. The molecule has 116 valence electrons. The van der Waals surface area contributed by atoms with Gasteiger partial charge in [-0.05, 0) is 12.3 Å². The fraction of sp³-hybridized carbons (Fsp3) is 0.312. The average molecular weight is 302 g/mol. The Bertz CT molecular complexity index is 690. The van der Waals surface area contributed by atoms with Crippen molar-refractivity contribution in [3.05, 3.63) is 41.6 Å². The van der Waals surface area contributed by atoms with Gasteiger partial charge in [-0.15, -0.1) is 0 Å². The van der Waals surface area contributed by atoms with E-state index in [1.54, 1.807) is 24.3 Å². The monoisotopic (exact) mass is 302 g/mol. The van der Waals surface area contributed by atoms with Crippen molar-refractivity contribution in [2.45, 2.75) is 26.8 Å². The third-order valence-corrected chi connectivity index (χ3v) is 3.33.